The highest BCUT2D eigenvalue weighted by atomic mass is 16.2. The van der Waals surface area contributed by atoms with Crippen LogP contribution in [0.4, 0.5) is 4.79 Å². The van der Waals surface area contributed by atoms with E-state index in [0.29, 0.717) is 0 Å². The summed E-state index contributed by atoms with van der Waals surface area (Å²) in [5.41, 5.74) is -1.27. The fourth-order valence-electron chi connectivity index (χ4n) is 2.50. The van der Waals surface area contributed by atoms with Crippen molar-refractivity contribution in [3.63, 3.8) is 0 Å². The maximum absolute atomic E-state index is 12.5. The molecule has 0 aromatic heterocycles. The van der Waals surface area contributed by atoms with Gasteiger partial charge in [0.25, 0.3) is 0 Å². The van der Waals surface area contributed by atoms with Crippen LogP contribution in [0, 0.1) is 28.1 Å². The molecule has 0 radical (unpaired) electrons. The lowest BCUT2D eigenvalue weighted by Gasteiger charge is -2.43. The van der Waals surface area contributed by atoms with Gasteiger partial charge in [-0.25, -0.2) is 4.79 Å². The van der Waals surface area contributed by atoms with Gasteiger partial charge in [0.1, 0.15) is 5.41 Å². The number of barbiturate groups is 1. The smallest absolute Gasteiger partial charge is 0.273 e. The van der Waals surface area contributed by atoms with Crippen LogP contribution in [0.15, 0.2) is 0 Å². The zero-order valence-electron chi connectivity index (χ0n) is 12.3. The number of nitrogens with zero attached hydrogens (tertiary/aromatic N) is 4. The minimum Gasteiger partial charge on any atom is -0.273 e. The van der Waals surface area contributed by atoms with Crippen molar-refractivity contribution in [1.82, 2.24) is 9.80 Å². The third-order valence-corrected chi connectivity index (χ3v) is 3.87. The number of amides is 4. The molecule has 21 heavy (non-hydrogen) atoms. The molecule has 0 bridgehead atoms. The van der Waals surface area contributed by atoms with Gasteiger partial charge in [-0.2, -0.15) is 10.5 Å². The zero-order chi connectivity index (χ0) is 16.0. The standard InChI is InChI=1S/C14H18N4O3/c1-3-14(4-2)11(19)17(9-5-7-15)13(21)18(12(14)20)10-6-8-16/h3-6,9-10H2,1-2H3. The number of carbonyl (C=O) groups is 3. The lowest BCUT2D eigenvalue weighted by molar-refractivity contribution is -0.159. The van der Waals surface area contributed by atoms with Gasteiger partial charge < -0.3 is 0 Å². The molecule has 0 aliphatic carbocycles. The number of carbonyl (C=O) groups excluding carboxylic acids is 3. The Morgan fingerprint density at radius 2 is 1.29 bits per heavy atom. The molecule has 4 amide bonds. The molecule has 1 aliphatic heterocycles. The Morgan fingerprint density at radius 1 is 0.905 bits per heavy atom. The van der Waals surface area contributed by atoms with Crippen LogP contribution in [-0.2, 0) is 9.59 Å². The Bertz CT molecular complexity index is 483. The fourth-order valence-corrected chi connectivity index (χ4v) is 2.50. The largest absolute Gasteiger partial charge is 0.333 e. The molecule has 0 saturated carbocycles. The van der Waals surface area contributed by atoms with Gasteiger partial charge in [0, 0.05) is 13.1 Å². The monoisotopic (exact) mass is 290 g/mol. The van der Waals surface area contributed by atoms with Crippen molar-refractivity contribution in [2.45, 2.75) is 39.5 Å². The highest BCUT2D eigenvalue weighted by molar-refractivity contribution is 6.19. The molecule has 1 rings (SSSR count). The first kappa shape index (κ1) is 16.6. The van der Waals surface area contributed by atoms with Crippen molar-refractivity contribution in [1.29, 1.82) is 10.5 Å². The second-order valence-electron chi connectivity index (χ2n) is 4.80. The Morgan fingerprint density at radius 3 is 1.57 bits per heavy atom. The third kappa shape index (κ3) is 2.73. The summed E-state index contributed by atoms with van der Waals surface area (Å²) in [7, 11) is 0. The van der Waals surface area contributed by atoms with Gasteiger partial charge in [-0.05, 0) is 12.8 Å². The van der Waals surface area contributed by atoms with E-state index in [1.165, 1.54) is 0 Å². The molecule has 7 nitrogen and oxygen atoms in total. The first-order chi connectivity index (χ1) is 9.99. The van der Waals surface area contributed by atoms with E-state index in [-0.39, 0.29) is 38.8 Å². The molecule has 0 unspecified atom stereocenters. The van der Waals surface area contributed by atoms with Gasteiger partial charge in [0.15, 0.2) is 0 Å². The molecule has 7 heteroatoms. The van der Waals surface area contributed by atoms with E-state index in [4.69, 9.17) is 10.5 Å². The molecule has 1 saturated heterocycles. The Balaban J connectivity index is 3.21. The fraction of sp³-hybridized carbons (Fsp3) is 0.643. The van der Waals surface area contributed by atoms with E-state index < -0.39 is 23.3 Å². The maximum atomic E-state index is 12.5. The summed E-state index contributed by atoms with van der Waals surface area (Å²) >= 11 is 0. The van der Waals surface area contributed by atoms with Crippen molar-refractivity contribution in [2.24, 2.45) is 5.41 Å². The molecule has 1 fully saturated rings. The molecule has 1 heterocycles. The summed E-state index contributed by atoms with van der Waals surface area (Å²) in [6.45, 7) is 3.37. The first-order valence-electron chi connectivity index (χ1n) is 6.91. The molecule has 0 spiro atoms. The molecule has 0 aromatic carbocycles. The van der Waals surface area contributed by atoms with Gasteiger partial charge in [-0.15, -0.1) is 0 Å². The normalized spacial score (nSPS) is 17.6. The predicted octanol–water partition coefficient (Wildman–Crippen LogP) is 1.41. The molecule has 0 N–H and O–H groups in total. The SMILES string of the molecule is CCC1(CC)C(=O)N(CCC#N)C(=O)N(CCC#N)C1=O. The van der Waals surface area contributed by atoms with E-state index in [9.17, 15) is 14.4 Å². The summed E-state index contributed by atoms with van der Waals surface area (Å²) in [6, 6.07) is 3.04. The number of urea groups is 1. The van der Waals surface area contributed by atoms with Crippen LogP contribution in [-0.4, -0.2) is 40.7 Å². The lowest BCUT2D eigenvalue weighted by atomic mass is 9.78. The average Bonchev–Trinajstić information content (AvgIpc) is 2.49. The molecule has 112 valence electrons. The minimum absolute atomic E-state index is 0.0151. The number of rotatable bonds is 6. The predicted molar refractivity (Wildman–Crippen MR) is 72.3 cm³/mol. The Kier molecular flexibility index (Phi) is 5.43. The van der Waals surface area contributed by atoms with Gasteiger partial charge in [-0.3, -0.25) is 19.4 Å². The van der Waals surface area contributed by atoms with Crippen molar-refractivity contribution in [3.8, 4) is 12.1 Å². The van der Waals surface area contributed by atoms with Gasteiger partial charge in [0.2, 0.25) is 11.8 Å². The number of hydrogen-bond acceptors (Lipinski definition) is 5. The minimum atomic E-state index is -1.27. The van der Waals surface area contributed by atoms with E-state index in [1.807, 2.05) is 12.1 Å². The van der Waals surface area contributed by atoms with E-state index in [0.717, 1.165) is 9.80 Å². The highest BCUT2D eigenvalue weighted by Gasteiger charge is 2.54. The first-order valence-corrected chi connectivity index (χ1v) is 6.91. The molecule has 0 aromatic rings. The second kappa shape index (κ2) is 6.85. The van der Waals surface area contributed by atoms with E-state index >= 15 is 0 Å². The summed E-state index contributed by atoms with van der Waals surface area (Å²) in [4.78, 5) is 39.3. The number of imide groups is 2. The lowest BCUT2D eigenvalue weighted by Crippen LogP contribution is -2.65. The van der Waals surface area contributed by atoms with Crippen LogP contribution < -0.4 is 0 Å². The topological polar surface area (TPSA) is 105 Å². The summed E-state index contributed by atoms with van der Waals surface area (Å²) in [6.07, 6.45) is 0.587. The summed E-state index contributed by atoms with van der Waals surface area (Å²) in [5.74, 6) is -1.07. The van der Waals surface area contributed by atoms with Crippen LogP contribution in [0.25, 0.3) is 0 Å². The van der Waals surface area contributed by atoms with Crippen LogP contribution >= 0.6 is 0 Å². The Hall–Kier alpha value is -2.41. The van der Waals surface area contributed by atoms with Crippen LogP contribution in [0.1, 0.15) is 39.5 Å². The van der Waals surface area contributed by atoms with Crippen molar-refractivity contribution < 1.29 is 14.4 Å². The molecule has 0 atom stereocenters. The summed E-state index contributed by atoms with van der Waals surface area (Å²) < 4.78 is 0. The molecule has 1 aliphatic rings. The van der Waals surface area contributed by atoms with Crippen molar-refractivity contribution in [3.05, 3.63) is 0 Å². The molecular formula is C14H18N4O3. The van der Waals surface area contributed by atoms with Crippen LogP contribution in [0.2, 0.25) is 0 Å². The van der Waals surface area contributed by atoms with E-state index in [2.05, 4.69) is 0 Å². The van der Waals surface area contributed by atoms with Crippen molar-refractivity contribution in [2.75, 3.05) is 13.1 Å². The maximum Gasteiger partial charge on any atom is 0.333 e. The average molecular weight is 290 g/mol. The van der Waals surface area contributed by atoms with Crippen LogP contribution in [0.3, 0.4) is 0 Å². The quantitative estimate of drug-likeness (QED) is 0.688. The number of nitriles is 2. The highest BCUT2D eigenvalue weighted by Crippen LogP contribution is 2.36. The van der Waals surface area contributed by atoms with Crippen molar-refractivity contribution >= 4 is 17.8 Å². The van der Waals surface area contributed by atoms with Gasteiger partial charge in [0.05, 0.1) is 25.0 Å². The van der Waals surface area contributed by atoms with E-state index in [1.54, 1.807) is 13.8 Å². The third-order valence-electron chi connectivity index (χ3n) is 3.87. The van der Waals surface area contributed by atoms with Gasteiger partial charge >= 0.3 is 6.03 Å². The zero-order valence-corrected chi connectivity index (χ0v) is 12.3. The van der Waals surface area contributed by atoms with Crippen LogP contribution in [0.5, 0.6) is 0 Å². The molecular weight excluding hydrogens is 272 g/mol. The number of hydrogen-bond donors (Lipinski definition) is 0. The Labute approximate surface area is 123 Å². The summed E-state index contributed by atoms with van der Waals surface area (Å²) in [5, 5.41) is 17.3. The second-order valence-corrected chi connectivity index (χ2v) is 4.80. The van der Waals surface area contributed by atoms with Gasteiger partial charge in [-0.1, -0.05) is 13.8 Å².